The zero-order valence-electron chi connectivity index (χ0n) is 29.0. The Bertz CT molecular complexity index is 952. The molecule has 1 saturated heterocycles. The number of nitrogens with zero attached hydrogens (tertiary/aromatic N) is 1. The molecule has 7 nitrogen and oxygen atoms in total. The minimum atomic E-state index is -2.35. The molecule has 40 heavy (non-hydrogen) atoms. The average Bonchev–Trinajstić information content (AvgIpc) is 2.98. The van der Waals surface area contributed by atoms with Gasteiger partial charge in [-0.1, -0.05) is 62.3 Å². The van der Waals surface area contributed by atoms with Crippen LogP contribution in [0.2, 0.25) is 54.4 Å². The van der Waals surface area contributed by atoms with E-state index < -0.39 is 66.9 Å². The highest BCUT2D eigenvalue weighted by Gasteiger charge is 2.63. The maximum atomic E-state index is 14.1. The van der Waals surface area contributed by atoms with E-state index in [1.807, 2.05) is 20.8 Å². The number of imide groups is 1. The molecule has 0 aromatic rings. The van der Waals surface area contributed by atoms with Crippen molar-refractivity contribution in [2.45, 2.75) is 174 Å². The fraction of sp³-hybridized carbons (Fsp3) is 0.933. The van der Waals surface area contributed by atoms with Crippen LogP contribution in [0.15, 0.2) is 0 Å². The molecule has 2 rings (SSSR count). The monoisotopic (exact) mass is 615 g/mol. The maximum absolute atomic E-state index is 14.1. The lowest BCUT2D eigenvalue weighted by Gasteiger charge is -2.52. The summed E-state index contributed by atoms with van der Waals surface area (Å²) < 4.78 is 27.4. The van der Waals surface area contributed by atoms with Gasteiger partial charge in [-0.05, 0) is 81.6 Å². The number of fused-ring (bicyclic) bond motifs is 2. The van der Waals surface area contributed by atoms with Crippen LogP contribution in [0.25, 0.3) is 0 Å². The highest BCUT2D eigenvalue weighted by Crippen LogP contribution is 2.50. The van der Waals surface area contributed by atoms with E-state index in [0.717, 1.165) is 0 Å². The van der Waals surface area contributed by atoms with Gasteiger partial charge in [0.05, 0.1) is 30.3 Å². The van der Waals surface area contributed by atoms with Gasteiger partial charge in [-0.25, -0.2) is 9.69 Å². The van der Waals surface area contributed by atoms with Gasteiger partial charge in [0.25, 0.3) is 0 Å². The number of amides is 2. The lowest BCUT2D eigenvalue weighted by Crippen LogP contribution is -2.64. The largest absolute Gasteiger partial charge is 0.443 e. The van der Waals surface area contributed by atoms with Crippen molar-refractivity contribution >= 4 is 37.0 Å². The zero-order valence-corrected chi connectivity index (χ0v) is 32.0. The van der Waals surface area contributed by atoms with Crippen LogP contribution in [-0.2, 0) is 22.8 Å². The molecule has 5 atom stereocenters. The summed E-state index contributed by atoms with van der Waals surface area (Å²) in [5.74, 6) is -0.714. The molecule has 2 fully saturated rings. The first-order chi connectivity index (χ1) is 17.4. The number of carbonyl (C=O) groups excluding carboxylic acids is 2. The predicted molar refractivity (Wildman–Crippen MR) is 171 cm³/mol. The smallest absolute Gasteiger partial charge is 0.417 e. The van der Waals surface area contributed by atoms with Crippen molar-refractivity contribution in [3.05, 3.63) is 0 Å². The second kappa shape index (κ2) is 10.9. The lowest BCUT2D eigenvalue weighted by atomic mass is 9.83. The Morgan fingerprint density at radius 2 is 1.00 bits per heavy atom. The molecule has 0 aromatic heterocycles. The molecule has 2 bridgehead atoms. The minimum Gasteiger partial charge on any atom is -0.443 e. The van der Waals surface area contributed by atoms with Gasteiger partial charge in [-0.3, -0.25) is 4.79 Å². The molecule has 234 valence electrons. The van der Waals surface area contributed by atoms with Gasteiger partial charge < -0.3 is 18.0 Å². The molecular formula is C30H61NO6Si3. The summed E-state index contributed by atoms with van der Waals surface area (Å²) in [6.45, 7) is 38.8. The number of ether oxygens (including phenoxy) is 1. The average molecular weight is 616 g/mol. The summed E-state index contributed by atoms with van der Waals surface area (Å²) in [5, 5.41) is -0.185. The van der Waals surface area contributed by atoms with E-state index in [-0.39, 0.29) is 21.0 Å². The first-order valence-corrected chi connectivity index (χ1v) is 23.8. The van der Waals surface area contributed by atoms with E-state index in [4.69, 9.17) is 18.0 Å². The predicted octanol–water partition coefficient (Wildman–Crippen LogP) is 8.32. The molecule has 1 heterocycles. The van der Waals surface area contributed by atoms with Gasteiger partial charge in [0.15, 0.2) is 25.0 Å². The quantitative estimate of drug-likeness (QED) is 0.280. The van der Waals surface area contributed by atoms with Crippen molar-refractivity contribution in [1.29, 1.82) is 0 Å². The van der Waals surface area contributed by atoms with Crippen molar-refractivity contribution in [2.24, 2.45) is 5.92 Å². The van der Waals surface area contributed by atoms with Gasteiger partial charge in [0.1, 0.15) is 5.60 Å². The standard InChI is InChI=1S/C30H61NO6Si3/c1-27(2,3)34-26(33)31-21-19-20(25(31)32)22(35-38(13,14)28(4,5)6)24(37-40(17,18)30(10,11)12)23(21)36-39(15,16)29(7,8)9/h20-24H,19H2,1-18H3/t20-,21+,22-,23+,24-/m1/s1. The Morgan fingerprint density at radius 1 is 0.650 bits per heavy atom. The molecule has 0 aromatic carbocycles. The fourth-order valence-electron chi connectivity index (χ4n) is 4.52. The van der Waals surface area contributed by atoms with E-state index in [9.17, 15) is 9.59 Å². The van der Waals surface area contributed by atoms with Crippen LogP contribution < -0.4 is 0 Å². The van der Waals surface area contributed by atoms with Gasteiger partial charge in [-0.2, -0.15) is 0 Å². The third-order valence-electron chi connectivity index (χ3n) is 10.1. The van der Waals surface area contributed by atoms with Gasteiger partial charge in [0, 0.05) is 0 Å². The van der Waals surface area contributed by atoms with Crippen molar-refractivity contribution in [1.82, 2.24) is 4.90 Å². The number of carbonyl (C=O) groups is 2. The first kappa shape index (κ1) is 35.7. The third-order valence-corrected chi connectivity index (χ3v) is 23.5. The Hall–Kier alpha value is -0.529. The van der Waals surface area contributed by atoms with Crippen LogP contribution in [0.1, 0.15) is 89.5 Å². The van der Waals surface area contributed by atoms with Crippen LogP contribution in [0.4, 0.5) is 4.79 Å². The summed E-state index contributed by atoms with van der Waals surface area (Å²) in [6.07, 6.45) is -1.58. The van der Waals surface area contributed by atoms with Crippen LogP contribution in [0, 0.1) is 5.92 Å². The molecule has 1 aliphatic heterocycles. The first-order valence-electron chi connectivity index (χ1n) is 15.0. The summed E-state index contributed by atoms with van der Waals surface area (Å²) in [4.78, 5) is 29.1. The van der Waals surface area contributed by atoms with Crippen LogP contribution in [-0.4, -0.2) is 71.8 Å². The summed E-state index contributed by atoms with van der Waals surface area (Å²) >= 11 is 0. The van der Waals surface area contributed by atoms with Crippen molar-refractivity contribution in [3.8, 4) is 0 Å². The molecule has 0 radical (unpaired) electrons. The van der Waals surface area contributed by atoms with Crippen LogP contribution in [0.3, 0.4) is 0 Å². The van der Waals surface area contributed by atoms with E-state index in [1.54, 1.807) is 0 Å². The minimum absolute atomic E-state index is 0.0542. The number of hydrogen-bond donors (Lipinski definition) is 0. The molecular weight excluding hydrogens is 555 g/mol. The second-order valence-corrected chi connectivity index (χ2v) is 31.9. The Kier molecular flexibility index (Phi) is 9.70. The lowest BCUT2D eigenvalue weighted by molar-refractivity contribution is -0.133. The molecule has 1 aliphatic carbocycles. The zero-order chi connectivity index (χ0) is 31.7. The number of rotatable bonds is 6. The summed E-state index contributed by atoms with van der Waals surface area (Å²) in [6, 6.07) is -0.462. The van der Waals surface area contributed by atoms with Crippen molar-refractivity contribution in [2.75, 3.05) is 0 Å². The summed E-state index contributed by atoms with van der Waals surface area (Å²) in [5.41, 5.74) is -0.724. The third kappa shape index (κ3) is 7.33. The Morgan fingerprint density at radius 3 is 1.35 bits per heavy atom. The van der Waals surface area contributed by atoms with Crippen molar-refractivity contribution < 1.29 is 27.6 Å². The molecule has 2 amide bonds. The normalized spacial score (nSPS) is 27.3. The van der Waals surface area contributed by atoms with E-state index >= 15 is 0 Å². The molecule has 0 N–H and O–H groups in total. The van der Waals surface area contributed by atoms with Crippen LogP contribution >= 0.6 is 0 Å². The molecule has 0 spiro atoms. The molecule has 10 heteroatoms. The molecule has 1 saturated carbocycles. The van der Waals surface area contributed by atoms with E-state index in [2.05, 4.69) is 102 Å². The Balaban J connectivity index is 2.78. The summed E-state index contributed by atoms with van der Waals surface area (Å²) in [7, 11) is -7.02. The molecule has 2 aliphatic rings. The van der Waals surface area contributed by atoms with Crippen molar-refractivity contribution in [3.63, 3.8) is 0 Å². The van der Waals surface area contributed by atoms with Gasteiger partial charge in [0.2, 0.25) is 5.91 Å². The topological polar surface area (TPSA) is 74.3 Å². The Labute approximate surface area is 248 Å². The van der Waals surface area contributed by atoms with E-state index in [1.165, 1.54) is 4.90 Å². The highest BCUT2D eigenvalue weighted by atomic mass is 28.4. The molecule has 0 unspecified atom stereocenters. The number of hydrogen-bond acceptors (Lipinski definition) is 6. The van der Waals surface area contributed by atoms with Gasteiger partial charge >= 0.3 is 6.09 Å². The van der Waals surface area contributed by atoms with E-state index in [0.29, 0.717) is 6.42 Å². The maximum Gasteiger partial charge on any atom is 0.417 e. The fourth-order valence-corrected chi connectivity index (χ4v) is 8.48. The number of likely N-dealkylation sites (tertiary alicyclic amines) is 1. The van der Waals surface area contributed by atoms with Crippen LogP contribution in [0.5, 0.6) is 0 Å². The second-order valence-electron chi connectivity index (χ2n) is 17.6. The highest BCUT2D eigenvalue weighted by molar-refractivity contribution is 6.75. The van der Waals surface area contributed by atoms with Gasteiger partial charge in [-0.15, -0.1) is 0 Å². The SMILES string of the molecule is CC(C)(C)OC(=O)N1C(=O)[C@@H]2C[C@H]1[C@H](O[Si](C)(C)C(C)(C)C)[C@H](O[Si](C)(C)C(C)(C)C)[C@@H]2O[Si](C)(C)C(C)(C)C.